The highest BCUT2D eigenvalue weighted by Gasteiger charge is 2.47. The van der Waals surface area contributed by atoms with Crippen LogP contribution in [0.1, 0.15) is 31.7 Å². The fraction of sp³-hybridized carbons (Fsp3) is 0.611. The molecule has 2 aliphatic rings. The second kappa shape index (κ2) is 8.24. The van der Waals surface area contributed by atoms with Gasteiger partial charge >= 0.3 is 7.12 Å². The van der Waals surface area contributed by atoms with Crippen LogP contribution in [0.25, 0.3) is 0 Å². The van der Waals surface area contributed by atoms with E-state index in [0.29, 0.717) is 35.7 Å². The Hall–Kier alpha value is -1.17. The van der Waals surface area contributed by atoms with Crippen LogP contribution in [0.5, 0.6) is 0 Å². The van der Waals surface area contributed by atoms with E-state index < -0.39 is 7.12 Å². The van der Waals surface area contributed by atoms with Crippen molar-refractivity contribution in [3.05, 3.63) is 23.5 Å². The molecule has 1 heterocycles. The van der Waals surface area contributed by atoms with E-state index in [0.717, 1.165) is 34.0 Å². The Balaban J connectivity index is 1.43. The minimum Gasteiger partial charge on any atom is -0.423 e. The highest BCUT2D eigenvalue weighted by molar-refractivity contribution is 7.37. The molecule has 1 amide bonds. The molecule has 0 aromatic heterocycles. The molecular weight excluding hydrogens is 353 g/mol. The average molecular weight is 380 g/mol. The van der Waals surface area contributed by atoms with Crippen molar-refractivity contribution in [2.75, 3.05) is 31.2 Å². The van der Waals surface area contributed by atoms with Crippen LogP contribution in [0.15, 0.2) is 12.1 Å². The molecule has 26 heavy (non-hydrogen) atoms. The van der Waals surface area contributed by atoms with Gasteiger partial charge in [0.2, 0.25) is 5.91 Å². The summed E-state index contributed by atoms with van der Waals surface area (Å²) >= 11 is 0. The molecule has 5 nitrogen and oxygen atoms in total. The zero-order valence-corrected chi connectivity index (χ0v) is 16.4. The first-order valence-electron chi connectivity index (χ1n) is 9.24. The van der Waals surface area contributed by atoms with Crippen LogP contribution >= 0.6 is 8.58 Å². The van der Waals surface area contributed by atoms with Crippen molar-refractivity contribution in [2.24, 2.45) is 11.3 Å². The number of hydrogen-bond donors (Lipinski definition) is 3. The molecule has 1 saturated carbocycles. The summed E-state index contributed by atoms with van der Waals surface area (Å²) < 4.78 is 19.0. The van der Waals surface area contributed by atoms with Gasteiger partial charge in [-0.1, -0.05) is 6.92 Å². The Morgan fingerprint density at radius 3 is 2.92 bits per heavy atom. The molecule has 3 N–H and O–H groups in total. The summed E-state index contributed by atoms with van der Waals surface area (Å²) in [4.78, 5) is 12.5. The van der Waals surface area contributed by atoms with E-state index in [9.17, 15) is 14.2 Å². The monoisotopic (exact) mass is 380 g/mol. The lowest BCUT2D eigenvalue weighted by atomic mass is 9.63. The molecule has 1 aliphatic carbocycles. The van der Waals surface area contributed by atoms with E-state index in [1.807, 2.05) is 0 Å². The fourth-order valence-electron chi connectivity index (χ4n) is 4.12. The predicted octanol–water partition coefficient (Wildman–Crippen LogP) is 1.69. The van der Waals surface area contributed by atoms with Crippen molar-refractivity contribution in [3.63, 3.8) is 0 Å². The summed E-state index contributed by atoms with van der Waals surface area (Å²) in [5.41, 5.74) is 1.39. The topological polar surface area (TPSA) is 70.6 Å². The molecule has 1 fully saturated rings. The molecule has 3 rings (SSSR count). The van der Waals surface area contributed by atoms with Crippen LogP contribution in [0.2, 0.25) is 0 Å². The van der Waals surface area contributed by atoms with Gasteiger partial charge in [-0.3, -0.25) is 4.79 Å². The number of carbonyl (C=O) groups is 1. The minimum atomic E-state index is -1.05. The Morgan fingerprint density at radius 2 is 2.23 bits per heavy atom. The van der Waals surface area contributed by atoms with Crippen molar-refractivity contribution < 1.29 is 18.9 Å². The van der Waals surface area contributed by atoms with Crippen LogP contribution in [0, 0.1) is 17.2 Å². The third-order valence-corrected chi connectivity index (χ3v) is 6.36. The molecule has 0 radical (unpaired) electrons. The van der Waals surface area contributed by atoms with Crippen molar-refractivity contribution in [1.82, 2.24) is 5.32 Å². The molecule has 0 saturated heterocycles. The van der Waals surface area contributed by atoms with Crippen LogP contribution in [0.4, 0.5) is 10.1 Å². The lowest BCUT2D eigenvalue weighted by Crippen LogP contribution is -2.50. The average Bonchev–Trinajstić information content (AvgIpc) is 2.94. The van der Waals surface area contributed by atoms with Crippen molar-refractivity contribution in [2.45, 2.75) is 32.8 Å². The molecule has 142 valence electrons. The van der Waals surface area contributed by atoms with E-state index in [-0.39, 0.29) is 23.7 Å². The fourth-order valence-corrected chi connectivity index (χ4v) is 5.24. The summed E-state index contributed by atoms with van der Waals surface area (Å²) in [7, 11) is -0.259. The normalized spacial score (nSPS) is 24.6. The maximum atomic E-state index is 14.0. The van der Waals surface area contributed by atoms with Gasteiger partial charge in [-0.05, 0) is 55.6 Å². The Morgan fingerprint density at radius 1 is 1.46 bits per heavy atom. The number of hydrogen-bond acceptors (Lipinski definition) is 4. The van der Waals surface area contributed by atoms with Gasteiger partial charge < -0.3 is 20.3 Å². The molecule has 1 aliphatic heterocycles. The SMILES string of the molecule is CPCC1(C(=O)NCCCNc2cc(F)c3c(c2)B(O)OC3)CC(C)C1. The van der Waals surface area contributed by atoms with Gasteiger partial charge in [-0.25, -0.2) is 4.39 Å². The summed E-state index contributed by atoms with van der Waals surface area (Å²) in [5.74, 6) is 0.470. The number of benzene rings is 1. The first-order chi connectivity index (χ1) is 12.4. The summed E-state index contributed by atoms with van der Waals surface area (Å²) in [5, 5.41) is 15.9. The van der Waals surface area contributed by atoms with Crippen LogP contribution in [0.3, 0.4) is 0 Å². The zero-order chi connectivity index (χ0) is 18.7. The number of anilines is 1. The van der Waals surface area contributed by atoms with Gasteiger partial charge in [0.15, 0.2) is 0 Å². The second-order valence-electron chi connectivity index (χ2n) is 7.55. The first-order valence-corrected chi connectivity index (χ1v) is 10.9. The summed E-state index contributed by atoms with van der Waals surface area (Å²) in [6.07, 6.45) is 3.73. The molecular formula is C18H27BFN2O3P. The highest BCUT2D eigenvalue weighted by Crippen LogP contribution is 2.48. The van der Waals surface area contributed by atoms with Gasteiger partial charge in [0.25, 0.3) is 0 Å². The largest absolute Gasteiger partial charge is 0.491 e. The third kappa shape index (κ3) is 4.05. The highest BCUT2D eigenvalue weighted by atomic mass is 31.1. The van der Waals surface area contributed by atoms with Gasteiger partial charge in [-0.2, -0.15) is 0 Å². The molecule has 0 bridgehead atoms. The van der Waals surface area contributed by atoms with Crippen molar-refractivity contribution in [3.8, 4) is 0 Å². The minimum absolute atomic E-state index is 0.105. The number of amides is 1. The standard InChI is InChI=1S/C18H27BFN2O3P/c1-12-8-18(9-12,11-26-2)17(23)22-5-3-4-21-13-6-15-14(16(20)7-13)10-25-19(15)24/h6-7,12,21,24,26H,3-5,8-11H2,1-2H3,(H,22,23). The number of rotatable bonds is 8. The molecule has 1 atom stereocenters. The van der Waals surface area contributed by atoms with E-state index in [1.54, 1.807) is 6.07 Å². The lowest BCUT2D eigenvalue weighted by molar-refractivity contribution is -0.136. The molecule has 8 heteroatoms. The number of fused-ring (bicyclic) bond motifs is 1. The molecule has 1 aromatic rings. The first kappa shape index (κ1) is 19.6. The molecule has 0 spiro atoms. The maximum absolute atomic E-state index is 14.0. The number of nitrogens with one attached hydrogen (secondary N) is 2. The maximum Gasteiger partial charge on any atom is 0.491 e. The Bertz CT molecular complexity index is 665. The van der Waals surface area contributed by atoms with Crippen LogP contribution < -0.4 is 16.1 Å². The van der Waals surface area contributed by atoms with Gasteiger partial charge in [0.05, 0.1) is 12.0 Å². The Kier molecular flexibility index (Phi) is 6.21. The van der Waals surface area contributed by atoms with E-state index in [1.165, 1.54) is 6.07 Å². The van der Waals surface area contributed by atoms with Gasteiger partial charge in [0, 0.05) is 24.3 Å². The van der Waals surface area contributed by atoms with E-state index in [2.05, 4.69) is 24.2 Å². The molecule has 1 aromatic carbocycles. The van der Waals surface area contributed by atoms with Crippen molar-refractivity contribution >= 4 is 32.8 Å². The number of carbonyl (C=O) groups excluding carboxylic acids is 1. The van der Waals surface area contributed by atoms with E-state index in [4.69, 9.17) is 4.65 Å². The Labute approximate surface area is 156 Å². The van der Waals surface area contributed by atoms with Crippen LogP contribution in [-0.4, -0.2) is 44.0 Å². The zero-order valence-electron chi connectivity index (χ0n) is 15.4. The quantitative estimate of drug-likeness (QED) is 0.365. The summed E-state index contributed by atoms with van der Waals surface area (Å²) in [6.45, 7) is 5.68. The lowest BCUT2D eigenvalue weighted by Gasteiger charge is -2.45. The molecule has 1 unspecified atom stereocenters. The number of halogens is 1. The smallest absolute Gasteiger partial charge is 0.423 e. The van der Waals surface area contributed by atoms with Crippen molar-refractivity contribution in [1.29, 1.82) is 0 Å². The van der Waals surface area contributed by atoms with E-state index >= 15 is 0 Å². The summed E-state index contributed by atoms with van der Waals surface area (Å²) in [6, 6.07) is 3.15. The predicted molar refractivity (Wildman–Crippen MR) is 105 cm³/mol. The van der Waals surface area contributed by atoms with Gasteiger partial charge in [0.1, 0.15) is 5.82 Å². The van der Waals surface area contributed by atoms with Crippen LogP contribution in [-0.2, 0) is 16.1 Å². The second-order valence-corrected chi connectivity index (χ2v) is 8.61. The third-order valence-electron chi connectivity index (χ3n) is 5.33. The van der Waals surface area contributed by atoms with Gasteiger partial charge in [-0.15, -0.1) is 8.58 Å².